The number of nitrogens with one attached hydrogen (secondary N) is 1. The number of nitrogens with zero attached hydrogens (tertiary/aromatic N) is 1. The third kappa shape index (κ3) is 2.77. The van der Waals surface area contributed by atoms with Crippen molar-refractivity contribution < 1.29 is 4.74 Å². The molecular formula is C10H16N2OS. The highest BCUT2D eigenvalue weighted by molar-refractivity contribution is 7.07. The first-order chi connectivity index (χ1) is 6.84. The van der Waals surface area contributed by atoms with E-state index in [1.165, 1.54) is 0 Å². The van der Waals surface area contributed by atoms with Crippen molar-refractivity contribution in [2.75, 3.05) is 6.61 Å². The zero-order valence-corrected chi connectivity index (χ0v) is 9.22. The Morgan fingerprint density at radius 1 is 1.71 bits per heavy atom. The lowest BCUT2D eigenvalue weighted by Crippen LogP contribution is -2.37. The van der Waals surface area contributed by atoms with Gasteiger partial charge in [-0.15, -0.1) is 11.3 Å². The Morgan fingerprint density at radius 2 is 2.64 bits per heavy atom. The van der Waals surface area contributed by atoms with Crippen LogP contribution < -0.4 is 5.32 Å². The van der Waals surface area contributed by atoms with Crippen LogP contribution in [0.25, 0.3) is 0 Å². The first-order valence-corrected chi connectivity index (χ1v) is 6.01. The molecule has 1 aliphatic rings. The average molecular weight is 212 g/mol. The molecule has 2 atom stereocenters. The topological polar surface area (TPSA) is 34.2 Å². The second-order valence-electron chi connectivity index (χ2n) is 3.76. The minimum atomic E-state index is 0.400. The van der Waals surface area contributed by atoms with Crippen molar-refractivity contribution in [3.8, 4) is 0 Å². The van der Waals surface area contributed by atoms with Crippen molar-refractivity contribution in [2.45, 2.75) is 38.5 Å². The molecule has 0 radical (unpaired) electrons. The van der Waals surface area contributed by atoms with Crippen LogP contribution in [0.1, 0.15) is 25.5 Å². The van der Waals surface area contributed by atoms with Crippen molar-refractivity contribution in [1.82, 2.24) is 10.3 Å². The number of thiazole rings is 1. The molecule has 4 heteroatoms. The number of hydrogen-bond acceptors (Lipinski definition) is 4. The molecule has 1 saturated heterocycles. The zero-order valence-electron chi connectivity index (χ0n) is 8.40. The summed E-state index contributed by atoms with van der Waals surface area (Å²) in [4.78, 5) is 4.24. The number of ether oxygens (including phenoxy) is 1. The quantitative estimate of drug-likeness (QED) is 0.829. The molecule has 0 bridgehead atoms. The Hall–Kier alpha value is -0.450. The summed E-state index contributed by atoms with van der Waals surface area (Å²) in [5, 5.41) is 5.61. The molecule has 3 nitrogen and oxygen atoms in total. The summed E-state index contributed by atoms with van der Waals surface area (Å²) in [5.41, 5.74) is 3.03. The monoisotopic (exact) mass is 212 g/mol. The summed E-state index contributed by atoms with van der Waals surface area (Å²) >= 11 is 1.65. The summed E-state index contributed by atoms with van der Waals surface area (Å²) in [6.45, 7) is 3.91. The van der Waals surface area contributed by atoms with Crippen molar-refractivity contribution >= 4 is 11.3 Å². The second kappa shape index (κ2) is 4.87. The van der Waals surface area contributed by atoms with E-state index in [1.54, 1.807) is 11.3 Å². The van der Waals surface area contributed by atoms with E-state index < -0.39 is 0 Å². The molecule has 2 rings (SSSR count). The van der Waals surface area contributed by atoms with Crippen LogP contribution in [-0.2, 0) is 11.3 Å². The van der Waals surface area contributed by atoms with Gasteiger partial charge in [0, 0.05) is 24.6 Å². The highest BCUT2D eigenvalue weighted by Crippen LogP contribution is 2.13. The van der Waals surface area contributed by atoms with Gasteiger partial charge in [0.1, 0.15) is 0 Å². The van der Waals surface area contributed by atoms with Crippen LogP contribution in [0, 0.1) is 0 Å². The number of hydrogen-bond donors (Lipinski definition) is 1. The van der Waals surface area contributed by atoms with E-state index in [1.807, 2.05) is 5.51 Å². The minimum absolute atomic E-state index is 0.400. The van der Waals surface area contributed by atoms with E-state index in [4.69, 9.17) is 4.74 Å². The Labute approximate surface area is 88.5 Å². The van der Waals surface area contributed by atoms with Crippen LogP contribution in [0.2, 0.25) is 0 Å². The van der Waals surface area contributed by atoms with E-state index in [0.717, 1.165) is 31.7 Å². The van der Waals surface area contributed by atoms with Gasteiger partial charge in [-0.2, -0.15) is 0 Å². The zero-order chi connectivity index (χ0) is 9.80. The molecule has 2 heterocycles. The van der Waals surface area contributed by atoms with Crippen LogP contribution in [0.5, 0.6) is 0 Å². The lowest BCUT2D eigenvalue weighted by atomic mass is 10.0. The summed E-state index contributed by atoms with van der Waals surface area (Å²) in [6, 6.07) is 0.598. The van der Waals surface area contributed by atoms with Gasteiger partial charge in [0.15, 0.2) is 0 Å². The maximum Gasteiger partial charge on any atom is 0.0795 e. The van der Waals surface area contributed by atoms with Gasteiger partial charge in [-0.05, 0) is 19.8 Å². The maximum atomic E-state index is 5.49. The Bertz CT molecular complexity index is 263. The Kier molecular flexibility index (Phi) is 3.50. The van der Waals surface area contributed by atoms with E-state index in [2.05, 4.69) is 22.6 Å². The van der Waals surface area contributed by atoms with Gasteiger partial charge in [0.25, 0.3) is 0 Å². The summed E-state index contributed by atoms with van der Waals surface area (Å²) in [6.07, 6.45) is 2.63. The van der Waals surface area contributed by atoms with Gasteiger partial charge < -0.3 is 10.1 Å². The molecule has 1 N–H and O–H groups in total. The van der Waals surface area contributed by atoms with Gasteiger partial charge in [-0.25, -0.2) is 4.98 Å². The first kappa shape index (κ1) is 10.1. The highest BCUT2D eigenvalue weighted by atomic mass is 32.1. The largest absolute Gasteiger partial charge is 0.378 e. The van der Waals surface area contributed by atoms with Crippen molar-refractivity contribution in [3.05, 3.63) is 16.6 Å². The number of rotatable bonds is 3. The van der Waals surface area contributed by atoms with Crippen LogP contribution in [0.15, 0.2) is 10.9 Å². The third-order valence-corrected chi connectivity index (χ3v) is 3.18. The minimum Gasteiger partial charge on any atom is -0.378 e. The van der Waals surface area contributed by atoms with Gasteiger partial charge in [-0.1, -0.05) is 0 Å². The molecule has 0 amide bonds. The lowest BCUT2D eigenvalue weighted by molar-refractivity contribution is 0.0130. The van der Waals surface area contributed by atoms with E-state index in [-0.39, 0.29) is 0 Å². The molecule has 0 aromatic carbocycles. The fourth-order valence-electron chi connectivity index (χ4n) is 1.76. The summed E-state index contributed by atoms with van der Waals surface area (Å²) in [5.74, 6) is 0. The SMILES string of the molecule is CC1CC(NCc2cscn2)CCO1. The van der Waals surface area contributed by atoms with E-state index in [0.29, 0.717) is 12.1 Å². The fraction of sp³-hybridized carbons (Fsp3) is 0.700. The normalized spacial score (nSPS) is 27.8. The molecule has 14 heavy (non-hydrogen) atoms. The summed E-state index contributed by atoms with van der Waals surface area (Å²) < 4.78 is 5.49. The van der Waals surface area contributed by atoms with E-state index in [9.17, 15) is 0 Å². The van der Waals surface area contributed by atoms with Crippen LogP contribution in [0.3, 0.4) is 0 Å². The third-order valence-electron chi connectivity index (χ3n) is 2.54. The van der Waals surface area contributed by atoms with Gasteiger partial charge >= 0.3 is 0 Å². The molecule has 1 aromatic rings. The highest BCUT2D eigenvalue weighted by Gasteiger charge is 2.18. The standard InChI is InChI=1S/C10H16N2OS/c1-8-4-9(2-3-13-8)11-5-10-6-14-7-12-10/h6-9,11H,2-5H2,1H3. The van der Waals surface area contributed by atoms with E-state index >= 15 is 0 Å². The van der Waals surface area contributed by atoms with Crippen molar-refractivity contribution in [1.29, 1.82) is 0 Å². The fourth-order valence-corrected chi connectivity index (χ4v) is 2.32. The van der Waals surface area contributed by atoms with Crippen LogP contribution in [0.4, 0.5) is 0 Å². The van der Waals surface area contributed by atoms with Gasteiger partial charge in [0.05, 0.1) is 17.3 Å². The maximum absolute atomic E-state index is 5.49. The molecule has 1 aliphatic heterocycles. The summed E-state index contributed by atoms with van der Waals surface area (Å²) in [7, 11) is 0. The Morgan fingerprint density at radius 3 is 3.36 bits per heavy atom. The number of aromatic nitrogens is 1. The van der Waals surface area contributed by atoms with Crippen LogP contribution >= 0.6 is 11.3 Å². The molecule has 1 aromatic heterocycles. The predicted molar refractivity (Wildman–Crippen MR) is 57.4 cm³/mol. The van der Waals surface area contributed by atoms with Crippen molar-refractivity contribution in [2.24, 2.45) is 0 Å². The molecule has 78 valence electrons. The predicted octanol–water partition coefficient (Wildman–Crippen LogP) is 1.80. The molecular weight excluding hydrogens is 196 g/mol. The van der Waals surface area contributed by atoms with Crippen LogP contribution in [-0.4, -0.2) is 23.7 Å². The molecule has 0 saturated carbocycles. The molecule has 2 unspecified atom stereocenters. The van der Waals surface area contributed by atoms with Crippen molar-refractivity contribution in [3.63, 3.8) is 0 Å². The lowest BCUT2D eigenvalue weighted by Gasteiger charge is -2.27. The van der Waals surface area contributed by atoms with Gasteiger partial charge in [0.2, 0.25) is 0 Å². The average Bonchev–Trinajstić information content (AvgIpc) is 2.67. The Balaban J connectivity index is 1.75. The smallest absolute Gasteiger partial charge is 0.0795 e. The van der Waals surface area contributed by atoms with Gasteiger partial charge in [-0.3, -0.25) is 0 Å². The molecule has 0 spiro atoms. The molecule has 1 fully saturated rings. The first-order valence-electron chi connectivity index (χ1n) is 5.06. The molecule has 0 aliphatic carbocycles. The second-order valence-corrected chi connectivity index (χ2v) is 4.48.